The summed E-state index contributed by atoms with van der Waals surface area (Å²) in [6, 6.07) is 16.1. The molecule has 2 aliphatic heterocycles. The fourth-order valence-corrected chi connectivity index (χ4v) is 7.51. The van der Waals surface area contributed by atoms with Crippen LogP contribution in [0.15, 0.2) is 71.6 Å². The molecule has 0 saturated carbocycles. The number of benzene rings is 2. The Morgan fingerprint density at radius 1 is 1.03 bits per heavy atom. The predicted molar refractivity (Wildman–Crippen MR) is 139 cm³/mol. The van der Waals surface area contributed by atoms with Gasteiger partial charge in [0.05, 0.1) is 25.2 Å². The van der Waals surface area contributed by atoms with Crippen LogP contribution in [-0.2, 0) is 30.3 Å². The molecule has 2 bridgehead atoms. The van der Waals surface area contributed by atoms with E-state index in [2.05, 4.69) is 33.9 Å². The lowest BCUT2D eigenvalue weighted by atomic mass is 9.92. The minimum atomic E-state index is -3.78. The third kappa shape index (κ3) is 5.00. The summed E-state index contributed by atoms with van der Waals surface area (Å²) in [5, 5.41) is -0.933. The topological polar surface area (TPSA) is 71.1 Å². The molecule has 4 rings (SSSR count). The molecule has 0 N–H and O–H groups in total. The zero-order valence-electron chi connectivity index (χ0n) is 21.4. The van der Waals surface area contributed by atoms with Crippen molar-refractivity contribution in [3.8, 4) is 5.75 Å². The fraction of sp³-hybridized carbons (Fsp3) is 0.481. The molecule has 1 saturated heterocycles. The highest BCUT2D eigenvalue weighted by Crippen LogP contribution is 2.47. The van der Waals surface area contributed by atoms with Crippen molar-refractivity contribution >= 4 is 18.2 Å². The van der Waals surface area contributed by atoms with Crippen LogP contribution in [0.5, 0.6) is 5.75 Å². The number of ether oxygens (including phenoxy) is 3. The Balaban J connectivity index is 1.65. The lowest BCUT2D eigenvalue weighted by molar-refractivity contribution is -0.0249. The van der Waals surface area contributed by atoms with Crippen LogP contribution in [-0.4, -0.2) is 53.5 Å². The molecule has 35 heavy (non-hydrogen) atoms. The average molecular weight is 517 g/mol. The first-order chi connectivity index (χ1) is 16.4. The first kappa shape index (κ1) is 26.1. The van der Waals surface area contributed by atoms with Crippen LogP contribution in [0.4, 0.5) is 0 Å². The molecular formula is C27H36O6SSi. The Morgan fingerprint density at radius 3 is 2.29 bits per heavy atom. The molecule has 190 valence electrons. The molecule has 2 aromatic carbocycles. The number of methoxy groups -OCH3 is 1. The molecule has 6 nitrogen and oxygen atoms in total. The van der Waals surface area contributed by atoms with E-state index in [9.17, 15) is 8.42 Å². The smallest absolute Gasteiger partial charge is 0.192 e. The van der Waals surface area contributed by atoms with Crippen LogP contribution in [0.25, 0.3) is 0 Å². The van der Waals surface area contributed by atoms with Gasteiger partial charge in [-0.05, 0) is 48.0 Å². The van der Waals surface area contributed by atoms with E-state index in [1.165, 1.54) is 0 Å². The van der Waals surface area contributed by atoms with Crippen molar-refractivity contribution in [1.82, 2.24) is 0 Å². The zero-order valence-corrected chi connectivity index (χ0v) is 23.2. The highest BCUT2D eigenvalue weighted by atomic mass is 32.2. The van der Waals surface area contributed by atoms with Gasteiger partial charge in [-0.3, -0.25) is 0 Å². The summed E-state index contributed by atoms with van der Waals surface area (Å²) in [5.74, 6) is 0.756. The Labute approximate surface area is 210 Å². The second-order valence-electron chi connectivity index (χ2n) is 10.8. The largest absolute Gasteiger partial charge is 0.497 e. The van der Waals surface area contributed by atoms with Crippen LogP contribution in [0.3, 0.4) is 0 Å². The minimum Gasteiger partial charge on any atom is -0.497 e. The molecular weight excluding hydrogens is 480 g/mol. The van der Waals surface area contributed by atoms with E-state index in [1.54, 1.807) is 31.4 Å². The van der Waals surface area contributed by atoms with Gasteiger partial charge in [-0.25, -0.2) is 8.42 Å². The lowest BCUT2D eigenvalue weighted by Crippen LogP contribution is -2.54. The van der Waals surface area contributed by atoms with Gasteiger partial charge in [-0.1, -0.05) is 63.3 Å². The fourth-order valence-electron chi connectivity index (χ4n) is 4.34. The van der Waals surface area contributed by atoms with Gasteiger partial charge < -0.3 is 18.6 Å². The summed E-state index contributed by atoms with van der Waals surface area (Å²) >= 11 is 0. The molecule has 2 aliphatic rings. The monoisotopic (exact) mass is 516 g/mol. The lowest BCUT2D eigenvalue weighted by Gasteiger charge is -2.40. The van der Waals surface area contributed by atoms with Gasteiger partial charge in [-0.2, -0.15) is 0 Å². The number of sulfone groups is 1. The van der Waals surface area contributed by atoms with Crippen LogP contribution < -0.4 is 4.74 Å². The van der Waals surface area contributed by atoms with Gasteiger partial charge in [0.2, 0.25) is 0 Å². The number of hydrogen-bond donors (Lipinski definition) is 0. The van der Waals surface area contributed by atoms with Gasteiger partial charge in [0.15, 0.2) is 18.2 Å². The normalized spacial score (nSPS) is 26.3. The number of hydrogen-bond acceptors (Lipinski definition) is 6. The first-order valence-electron chi connectivity index (χ1n) is 11.9. The van der Waals surface area contributed by atoms with Crippen molar-refractivity contribution in [2.24, 2.45) is 0 Å². The molecule has 0 unspecified atom stereocenters. The highest BCUT2D eigenvalue weighted by Gasteiger charge is 2.63. The summed E-state index contributed by atoms with van der Waals surface area (Å²) in [7, 11) is -4.31. The molecule has 0 amide bonds. The summed E-state index contributed by atoms with van der Waals surface area (Å²) in [5.41, 5.74) is -0.167. The van der Waals surface area contributed by atoms with Crippen LogP contribution in [0.2, 0.25) is 18.1 Å². The maximum absolute atomic E-state index is 14.0. The Morgan fingerprint density at radius 2 is 1.69 bits per heavy atom. The maximum Gasteiger partial charge on any atom is 0.192 e. The number of fused-ring (bicyclic) bond motifs is 2. The highest BCUT2D eigenvalue weighted by molar-refractivity contribution is 7.92. The summed E-state index contributed by atoms with van der Waals surface area (Å²) in [6.07, 6.45) is 2.68. The van der Waals surface area contributed by atoms with E-state index in [0.29, 0.717) is 0 Å². The SMILES string of the molecule is COc1ccc(CO[C@@H]2[C@H]3C=C[C@](CO[Si](C)(C)C(C)(C)C)(O3)[C@H]2S(=O)(=O)c2ccccc2)cc1. The van der Waals surface area contributed by atoms with E-state index in [1.807, 2.05) is 42.5 Å². The molecule has 0 aromatic heterocycles. The number of rotatable bonds is 9. The average Bonchev–Trinajstić information content (AvgIpc) is 3.39. The maximum atomic E-state index is 14.0. The first-order valence-corrected chi connectivity index (χ1v) is 16.4. The quantitative estimate of drug-likeness (QED) is 0.339. The van der Waals surface area contributed by atoms with E-state index < -0.39 is 41.2 Å². The third-order valence-corrected chi connectivity index (χ3v) is 14.2. The summed E-state index contributed by atoms with van der Waals surface area (Å²) < 4.78 is 52.4. The third-order valence-electron chi connectivity index (χ3n) is 7.50. The van der Waals surface area contributed by atoms with Gasteiger partial charge in [-0.15, -0.1) is 0 Å². The summed E-state index contributed by atoms with van der Waals surface area (Å²) in [4.78, 5) is 0.263. The van der Waals surface area contributed by atoms with E-state index in [0.717, 1.165) is 11.3 Å². The van der Waals surface area contributed by atoms with Gasteiger partial charge in [0.1, 0.15) is 28.8 Å². The van der Waals surface area contributed by atoms with E-state index in [4.69, 9.17) is 18.6 Å². The standard InChI is InChI=1S/C27H36O6SSi/c1-26(2,3)35(5,6)32-19-27-17-16-23(33-27)24(31-18-20-12-14-21(30-4)15-13-20)25(27)34(28,29)22-10-8-7-9-11-22/h7-17,23-25H,18-19H2,1-6H3/t23-,24-,25+,27-/m1/s1. The van der Waals surface area contributed by atoms with E-state index >= 15 is 0 Å². The van der Waals surface area contributed by atoms with Crippen molar-refractivity contribution in [1.29, 1.82) is 0 Å². The zero-order chi connectivity index (χ0) is 25.5. The van der Waals surface area contributed by atoms with Crippen LogP contribution >= 0.6 is 0 Å². The second-order valence-corrected chi connectivity index (χ2v) is 17.7. The van der Waals surface area contributed by atoms with Crippen molar-refractivity contribution in [2.45, 2.75) is 73.5 Å². The molecule has 0 spiro atoms. The minimum absolute atomic E-state index is 0.0119. The van der Waals surface area contributed by atoms with Crippen LogP contribution in [0, 0.1) is 0 Å². The Hall–Kier alpha value is -1.97. The molecule has 0 aliphatic carbocycles. The molecule has 8 heteroatoms. The van der Waals surface area contributed by atoms with Crippen molar-refractivity contribution in [2.75, 3.05) is 13.7 Å². The molecule has 1 fully saturated rings. The van der Waals surface area contributed by atoms with Crippen LogP contribution in [0.1, 0.15) is 26.3 Å². The summed E-state index contributed by atoms with van der Waals surface area (Å²) in [6.45, 7) is 11.3. The van der Waals surface area contributed by atoms with E-state index in [-0.39, 0.29) is 23.1 Å². The van der Waals surface area contributed by atoms with Gasteiger partial charge >= 0.3 is 0 Å². The molecule has 4 atom stereocenters. The van der Waals surface area contributed by atoms with Crippen molar-refractivity contribution < 1.29 is 27.1 Å². The molecule has 2 aromatic rings. The molecule has 0 radical (unpaired) electrons. The Kier molecular flexibility index (Phi) is 7.07. The molecule has 2 heterocycles. The van der Waals surface area contributed by atoms with Crippen molar-refractivity contribution in [3.63, 3.8) is 0 Å². The Bertz CT molecular complexity index is 1150. The second kappa shape index (κ2) is 9.48. The van der Waals surface area contributed by atoms with Crippen molar-refractivity contribution in [3.05, 3.63) is 72.3 Å². The van der Waals surface area contributed by atoms with Gasteiger partial charge in [0, 0.05) is 0 Å². The van der Waals surface area contributed by atoms with Gasteiger partial charge in [0.25, 0.3) is 0 Å². The predicted octanol–water partition coefficient (Wildman–Crippen LogP) is 5.15.